The number of nitrogens with one attached hydrogen (secondary N) is 2. The molecule has 2 atom stereocenters. The molecule has 0 bridgehead atoms. The van der Waals surface area contributed by atoms with Crippen molar-refractivity contribution in [3.05, 3.63) is 24.3 Å². The van der Waals surface area contributed by atoms with E-state index < -0.39 is 0 Å². The van der Waals surface area contributed by atoms with E-state index in [1.807, 2.05) is 24.3 Å². The Hall–Kier alpha value is -2.28. The zero-order valence-corrected chi connectivity index (χ0v) is 15.5. The molecule has 3 amide bonds. The minimum Gasteiger partial charge on any atom is -0.497 e. The van der Waals surface area contributed by atoms with Gasteiger partial charge in [-0.2, -0.15) is 0 Å². The third-order valence-corrected chi connectivity index (χ3v) is 5.25. The number of hydrogen-bond donors (Lipinski definition) is 2. The molecule has 0 spiro atoms. The van der Waals surface area contributed by atoms with Crippen LogP contribution < -0.4 is 20.3 Å². The molecule has 0 radical (unpaired) electrons. The first-order chi connectivity index (χ1) is 12.6. The SMILES string of the molecule is CCN1CCCC1CNC(=O)NC1CC(=O)N(c2ccc(OC)cc2)C1. The lowest BCUT2D eigenvalue weighted by atomic mass is 10.2. The van der Waals surface area contributed by atoms with Crippen molar-refractivity contribution in [2.45, 2.75) is 38.3 Å². The highest BCUT2D eigenvalue weighted by Crippen LogP contribution is 2.24. The van der Waals surface area contributed by atoms with Gasteiger partial charge in [0.25, 0.3) is 0 Å². The van der Waals surface area contributed by atoms with Gasteiger partial charge in [-0.05, 0) is 50.2 Å². The molecule has 142 valence electrons. The lowest BCUT2D eigenvalue weighted by Gasteiger charge is -2.23. The van der Waals surface area contributed by atoms with Gasteiger partial charge in [-0.25, -0.2) is 4.79 Å². The van der Waals surface area contributed by atoms with E-state index in [9.17, 15) is 9.59 Å². The van der Waals surface area contributed by atoms with Crippen molar-refractivity contribution in [3.63, 3.8) is 0 Å². The average molecular weight is 360 g/mol. The summed E-state index contributed by atoms with van der Waals surface area (Å²) in [4.78, 5) is 28.6. The molecule has 2 aliphatic rings. The van der Waals surface area contributed by atoms with Gasteiger partial charge in [-0.3, -0.25) is 9.69 Å². The summed E-state index contributed by atoms with van der Waals surface area (Å²) in [6, 6.07) is 7.44. The number of likely N-dealkylation sites (tertiary alicyclic amines) is 1. The maximum atomic E-state index is 12.3. The third-order valence-electron chi connectivity index (χ3n) is 5.25. The Labute approximate surface area is 154 Å². The summed E-state index contributed by atoms with van der Waals surface area (Å²) in [7, 11) is 1.61. The van der Waals surface area contributed by atoms with Crippen LogP contribution in [0.2, 0.25) is 0 Å². The summed E-state index contributed by atoms with van der Waals surface area (Å²) in [6.45, 7) is 5.42. The van der Waals surface area contributed by atoms with Gasteiger partial charge in [-0.1, -0.05) is 6.92 Å². The molecule has 2 heterocycles. The smallest absolute Gasteiger partial charge is 0.315 e. The molecule has 2 aliphatic heterocycles. The van der Waals surface area contributed by atoms with E-state index in [1.165, 1.54) is 6.42 Å². The third kappa shape index (κ3) is 4.27. The van der Waals surface area contributed by atoms with E-state index in [0.29, 0.717) is 25.6 Å². The van der Waals surface area contributed by atoms with Crippen LogP contribution in [0.4, 0.5) is 10.5 Å². The molecule has 2 N–H and O–H groups in total. The highest BCUT2D eigenvalue weighted by Gasteiger charge is 2.32. The second-order valence-corrected chi connectivity index (χ2v) is 6.88. The van der Waals surface area contributed by atoms with E-state index in [0.717, 1.165) is 30.9 Å². The molecule has 0 aliphatic carbocycles. The molecule has 2 saturated heterocycles. The lowest BCUT2D eigenvalue weighted by Crippen LogP contribution is -2.47. The van der Waals surface area contributed by atoms with Crippen LogP contribution in [0.15, 0.2) is 24.3 Å². The molecule has 2 fully saturated rings. The highest BCUT2D eigenvalue weighted by molar-refractivity contribution is 5.96. The number of carbonyl (C=O) groups is 2. The summed E-state index contributed by atoms with van der Waals surface area (Å²) in [6.07, 6.45) is 2.64. The normalized spacial score (nSPS) is 23.3. The molecular weight excluding hydrogens is 332 g/mol. The number of benzene rings is 1. The fourth-order valence-electron chi connectivity index (χ4n) is 3.81. The second-order valence-electron chi connectivity index (χ2n) is 6.88. The number of ether oxygens (including phenoxy) is 1. The monoisotopic (exact) mass is 360 g/mol. The number of hydrogen-bond acceptors (Lipinski definition) is 4. The second kappa shape index (κ2) is 8.40. The number of urea groups is 1. The van der Waals surface area contributed by atoms with Gasteiger partial charge in [0.2, 0.25) is 5.91 Å². The van der Waals surface area contributed by atoms with Crippen molar-refractivity contribution < 1.29 is 14.3 Å². The Morgan fingerprint density at radius 2 is 2.08 bits per heavy atom. The summed E-state index contributed by atoms with van der Waals surface area (Å²) in [5, 5.41) is 5.89. The average Bonchev–Trinajstić information content (AvgIpc) is 3.26. The first-order valence-corrected chi connectivity index (χ1v) is 9.33. The molecule has 3 rings (SSSR count). The van der Waals surface area contributed by atoms with E-state index >= 15 is 0 Å². The summed E-state index contributed by atoms with van der Waals surface area (Å²) in [5.74, 6) is 0.774. The van der Waals surface area contributed by atoms with Gasteiger partial charge >= 0.3 is 6.03 Å². The number of anilines is 1. The van der Waals surface area contributed by atoms with Gasteiger partial charge in [-0.15, -0.1) is 0 Å². The Kier molecular flexibility index (Phi) is 5.98. The predicted molar refractivity (Wildman–Crippen MR) is 101 cm³/mol. The van der Waals surface area contributed by atoms with Gasteiger partial charge < -0.3 is 20.3 Å². The molecule has 1 aromatic carbocycles. The first-order valence-electron chi connectivity index (χ1n) is 9.33. The topological polar surface area (TPSA) is 73.9 Å². The van der Waals surface area contributed by atoms with Crippen LogP contribution >= 0.6 is 0 Å². The molecule has 2 unspecified atom stereocenters. The van der Waals surface area contributed by atoms with Crippen LogP contribution in [0.1, 0.15) is 26.2 Å². The summed E-state index contributed by atoms with van der Waals surface area (Å²) >= 11 is 0. The van der Waals surface area contributed by atoms with Gasteiger partial charge in [0, 0.05) is 31.2 Å². The number of amides is 3. The number of methoxy groups -OCH3 is 1. The molecule has 0 saturated carbocycles. The van der Waals surface area contributed by atoms with Crippen LogP contribution in [0.5, 0.6) is 5.75 Å². The Balaban J connectivity index is 1.48. The maximum Gasteiger partial charge on any atom is 0.315 e. The van der Waals surface area contributed by atoms with Gasteiger partial charge in [0.15, 0.2) is 0 Å². The van der Waals surface area contributed by atoms with Crippen LogP contribution in [0.3, 0.4) is 0 Å². The lowest BCUT2D eigenvalue weighted by molar-refractivity contribution is -0.117. The minimum absolute atomic E-state index is 0.0217. The van der Waals surface area contributed by atoms with Gasteiger partial charge in [0.05, 0.1) is 13.2 Å². The highest BCUT2D eigenvalue weighted by atomic mass is 16.5. The van der Waals surface area contributed by atoms with Crippen LogP contribution in [-0.4, -0.2) is 62.2 Å². The van der Waals surface area contributed by atoms with Crippen molar-refractivity contribution >= 4 is 17.6 Å². The minimum atomic E-state index is -0.192. The number of rotatable bonds is 6. The van der Waals surface area contributed by atoms with E-state index in [4.69, 9.17) is 4.74 Å². The van der Waals surface area contributed by atoms with Crippen molar-refractivity contribution in [1.29, 1.82) is 0 Å². The summed E-state index contributed by atoms with van der Waals surface area (Å²) in [5.41, 5.74) is 0.824. The van der Waals surface area contributed by atoms with Crippen LogP contribution in [0.25, 0.3) is 0 Å². The van der Waals surface area contributed by atoms with Crippen molar-refractivity contribution in [1.82, 2.24) is 15.5 Å². The van der Waals surface area contributed by atoms with E-state index in [-0.39, 0.29) is 18.0 Å². The first kappa shape index (κ1) is 18.5. The maximum absolute atomic E-state index is 12.3. The predicted octanol–water partition coefficient (Wildman–Crippen LogP) is 1.58. The molecular formula is C19H28N4O3. The Morgan fingerprint density at radius 1 is 1.31 bits per heavy atom. The van der Waals surface area contributed by atoms with Crippen molar-refractivity contribution in [2.24, 2.45) is 0 Å². The molecule has 1 aromatic rings. The quantitative estimate of drug-likeness (QED) is 0.808. The molecule has 7 heteroatoms. The van der Waals surface area contributed by atoms with E-state index in [2.05, 4.69) is 22.5 Å². The Bertz CT molecular complexity index is 634. The largest absolute Gasteiger partial charge is 0.497 e. The summed E-state index contributed by atoms with van der Waals surface area (Å²) < 4.78 is 5.14. The Morgan fingerprint density at radius 3 is 2.77 bits per heavy atom. The molecule has 7 nitrogen and oxygen atoms in total. The number of carbonyl (C=O) groups excluding carboxylic acids is 2. The zero-order valence-electron chi connectivity index (χ0n) is 15.5. The number of nitrogens with zero attached hydrogens (tertiary/aromatic N) is 2. The van der Waals surface area contributed by atoms with E-state index in [1.54, 1.807) is 12.0 Å². The van der Waals surface area contributed by atoms with Gasteiger partial charge in [0.1, 0.15) is 5.75 Å². The molecule has 26 heavy (non-hydrogen) atoms. The van der Waals surface area contributed by atoms with Crippen molar-refractivity contribution in [2.75, 3.05) is 38.2 Å². The molecule has 0 aromatic heterocycles. The van der Waals surface area contributed by atoms with Crippen LogP contribution in [-0.2, 0) is 4.79 Å². The van der Waals surface area contributed by atoms with Crippen LogP contribution in [0, 0.1) is 0 Å². The zero-order chi connectivity index (χ0) is 18.5. The fourth-order valence-corrected chi connectivity index (χ4v) is 3.81. The fraction of sp³-hybridized carbons (Fsp3) is 0.579. The van der Waals surface area contributed by atoms with Crippen molar-refractivity contribution in [3.8, 4) is 5.75 Å². The number of likely N-dealkylation sites (N-methyl/N-ethyl adjacent to an activating group) is 1. The standard InChI is InChI=1S/C19H28N4O3/c1-3-22-10-4-5-16(22)12-20-19(25)21-14-11-18(24)23(13-14)15-6-8-17(26-2)9-7-15/h6-9,14,16H,3-5,10-13H2,1-2H3,(H2,20,21,25).